The van der Waals surface area contributed by atoms with Crippen molar-refractivity contribution >= 4 is 35.4 Å². The van der Waals surface area contributed by atoms with Crippen molar-refractivity contribution in [2.24, 2.45) is 28.4 Å². The fourth-order valence-corrected chi connectivity index (χ4v) is 6.01. The third kappa shape index (κ3) is 8.92. The van der Waals surface area contributed by atoms with Crippen molar-refractivity contribution in [2.75, 3.05) is 19.6 Å². The summed E-state index contributed by atoms with van der Waals surface area (Å²) in [5.41, 5.74) is 3.95. The summed E-state index contributed by atoms with van der Waals surface area (Å²) in [5, 5.41) is 8.37. The van der Waals surface area contributed by atoms with Crippen LogP contribution in [0.15, 0.2) is 0 Å². The number of piperidine rings is 1. The molecule has 242 valence electrons. The number of hydrogen-bond acceptors (Lipinski definition) is 6. The van der Waals surface area contributed by atoms with Crippen LogP contribution in [0, 0.1) is 22.7 Å². The lowest BCUT2D eigenvalue weighted by molar-refractivity contribution is -0.144. The number of urea groups is 1. The Kier molecular flexibility index (Phi) is 10.9. The highest BCUT2D eigenvalue weighted by Gasteiger charge is 2.46. The second kappa shape index (κ2) is 13.6. The van der Waals surface area contributed by atoms with Gasteiger partial charge in [-0.1, -0.05) is 61.3 Å². The molecule has 3 rings (SSSR count). The molecule has 3 fully saturated rings. The van der Waals surface area contributed by atoms with Crippen molar-refractivity contribution in [1.29, 1.82) is 0 Å². The van der Waals surface area contributed by atoms with Gasteiger partial charge >= 0.3 is 6.03 Å². The highest BCUT2D eigenvalue weighted by molar-refractivity contribution is 6.37. The van der Waals surface area contributed by atoms with Gasteiger partial charge in [-0.05, 0) is 54.8 Å². The van der Waals surface area contributed by atoms with Gasteiger partial charge in [0.15, 0.2) is 0 Å². The van der Waals surface area contributed by atoms with Crippen LogP contribution in [-0.2, 0) is 24.0 Å². The van der Waals surface area contributed by atoms with Gasteiger partial charge in [-0.25, -0.2) is 4.79 Å². The van der Waals surface area contributed by atoms with Gasteiger partial charge in [-0.2, -0.15) is 0 Å². The van der Waals surface area contributed by atoms with E-state index in [4.69, 9.17) is 5.73 Å². The monoisotopic (exact) mass is 604 g/mol. The second-order valence-corrected chi connectivity index (χ2v) is 14.8. The molecule has 43 heavy (non-hydrogen) atoms. The lowest BCUT2D eigenvalue weighted by atomic mass is 9.84. The fourth-order valence-electron chi connectivity index (χ4n) is 6.01. The molecule has 5 atom stereocenters. The summed E-state index contributed by atoms with van der Waals surface area (Å²) in [4.78, 5) is 81.8. The van der Waals surface area contributed by atoms with Crippen LogP contribution in [0.1, 0.15) is 93.4 Å². The molecule has 12 nitrogen and oxygen atoms in total. The zero-order chi connectivity index (χ0) is 32.3. The Morgan fingerprint density at radius 2 is 1.30 bits per heavy atom. The predicted octanol–water partition coefficient (Wildman–Crippen LogP) is 1.70. The number of nitrogens with two attached hydrogens (primary N) is 1. The SMILES string of the molecule is C[C@H]1CCN(C(=O)[C@@H](NC(=O)N[C@H](C(=O)N2CCCCC2)C(C)(C)C)C(C)(C)C)C1C(=O)NC(CC1CC1)C(=O)C(N)=O. The van der Waals surface area contributed by atoms with Crippen LogP contribution in [0.4, 0.5) is 4.79 Å². The smallest absolute Gasteiger partial charge is 0.316 e. The van der Waals surface area contributed by atoms with Gasteiger partial charge < -0.3 is 31.5 Å². The van der Waals surface area contributed by atoms with E-state index in [2.05, 4.69) is 16.0 Å². The van der Waals surface area contributed by atoms with E-state index in [1.165, 1.54) is 4.90 Å². The average molecular weight is 605 g/mol. The van der Waals surface area contributed by atoms with Gasteiger partial charge in [-0.15, -0.1) is 0 Å². The number of Topliss-reactive ketones (excluding diaryl/α,β-unsaturated/α-hetero) is 1. The maximum Gasteiger partial charge on any atom is 0.316 e. The number of carbonyl (C=O) groups is 6. The largest absolute Gasteiger partial charge is 0.363 e. The minimum Gasteiger partial charge on any atom is -0.363 e. The standard InChI is InChI=1S/C31H52N6O6/c1-18-13-16-37(21(18)26(40)33-20(17-19-11-12-19)22(38)25(32)39)28(42)24(31(5,6)7)35-29(43)34-23(30(2,3)4)27(41)36-14-9-8-10-15-36/h18-21,23-24H,8-17H2,1-7H3,(H2,32,39)(H,33,40)(H2,34,35,43)/t18-,20?,21?,23+,24+/m0/s1. The van der Waals surface area contributed by atoms with Crippen LogP contribution in [0.5, 0.6) is 0 Å². The van der Waals surface area contributed by atoms with E-state index < -0.39 is 64.5 Å². The number of amides is 6. The molecular weight excluding hydrogens is 552 g/mol. The molecule has 0 spiro atoms. The predicted molar refractivity (Wildman–Crippen MR) is 161 cm³/mol. The van der Waals surface area contributed by atoms with E-state index in [0.717, 1.165) is 32.1 Å². The number of nitrogens with one attached hydrogen (secondary N) is 3. The molecule has 0 radical (unpaired) electrons. The van der Waals surface area contributed by atoms with Crippen molar-refractivity contribution in [2.45, 2.75) is 118 Å². The first kappa shape index (κ1) is 34.3. The van der Waals surface area contributed by atoms with Gasteiger partial charge in [0.05, 0.1) is 6.04 Å². The minimum absolute atomic E-state index is 0.141. The lowest BCUT2D eigenvalue weighted by Crippen LogP contribution is -2.63. The minimum atomic E-state index is -1.10. The topological polar surface area (TPSA) is 171 Å². The van der Waals surface area contributed by atoms with E-state index in [1.807, 2.05) is 48.5 Å². The highest BCUT2D eigenvalue weighted by Crippen LogP contribution is 2.34. The Morgan fingerprint density at radius 1 is 0.767 bits per heavy atom. The van der Waals surface area contributed by atoms with Crippen LogP contribution in [0.3, 0.4) is 0 Å². The molecule has 2 unspecified atom stereocenters. The Hall–Kier alpha value is -3.18. The third-order valence-corrected chi connectivity index (χ3v) is 8.84. The molecule has 0 aromatic rings. The van der Waals surface area contributed by atoms with Crippen LogP contribution in [0.25, 0.3) is 0 Å². The summed E-state index contributed by atoms with van der Waals surface area (Å²) in [6, 6.07) is -4.35. The molecular formula is C31H52N6O6. The molecule has 0 bridgehead atoms. The van der Waals surface area contributed by atoms with Crippen molar-refractivity contribution < 1.29 is 28.8 Å². The molecule has 5 N–H and O–H groups in total. The first-order valence-corrected chi connectivity index (χ1v) is 15.7. The van der Waals surface area contributed by atoms with Crippen molar-refractivity contribution in [3.05, 3.63) is 0 Å². The molecule has 2 aliphatic heterocycles. The average Bonchev–Trinajstić information content (AvgIpc) is 3.65. The Bertz CT molecular complexity index is 1090. The summed E-state index contributed by atoms with van der Waals surface area (Å²) in [5.74, 6) is -3.00. The van der Waals surface area contributed by atoms with E-state index in [-0.39, 0.29) is 17.7 Å². The Morgan fingerprint density at radius 3 is 1.79 bits per heavy atom. The molecule has 2 saturated heterocycles. The van der Waals surface area contributed by atoms with Crippen molar-refractivity contribution in [3.8, 4) is 0 Å². The first-order valence-electron chi connectivity index (χ1n) is 15.7. The Labute approximate surface area is 255 Å². The van der Waals surface area contributed by atoms with Crippen molar-refractivity contribution in [1.82, 2.24) is 25.8 Å². The summed E-state index contributed by atoms with van der Waals surface area (Å²) < 4.78 is 0. The summed E-state index contributed by atoms with van der Waals surface area (Å²) in [6.07, 6.45) is 5.66. The highest BCUT2D eigenvalue weighted by atomic mass is 16.2. The van der Waals surface area contributed by atoms with Gasteiger partial charge in [0.2, 0.25) is 23.5 Å². The van der Waals surface area contributed by atoms with E-state index >= 15 is 0 Å². The number of primary amides is 1. The van der Waals surface area contributed by atoms with Crippen LogP contribution >= 0.6 is 0 Å². The molecule has 1 saturated carbocycles. The molecule has 3 aliphatic rings. The summed E-state index contributed by atoms with van der Waals surface area (Å²) in [7, 11) is 0. The number of rotatable bonds is 10. The summed E-state index contributed by atoms with van der Waals surface area (Å²) in [6.45, 7) is 14.6. The molecule has 0 aromatic heterocycles. The molecule has 2 heterocycles. The van der Waals surface area contributed by atoms with E-state index in [9.17, 15) is 28.8 Å². The van der Waals surface area contributed by atoms with Crippen molar-refractivity contribution in [3.63, 3.8) is 0 Å². The number of nitrogens with zero attached hydrogens (tertiary/aromatic N) is 2. The maximum absolute atomic E-state index is 14.1. The van der Waals surface area contributed by atoms with Gasteiger partial charge in [0.25, 0.3) is 5.91 Å². The van der Waals surface area contributed by atoms with Gasteiger partial charge in [-0.3, -0.25) is 24.0 Å². The van der Waals surface area contributed by atoms with Crippen LogP contribution < -0.4 is 21.7 Å². The normalized spacial score (nSPS) is 23.1. The number of hydrogen-bond donors (Lipinski definition) is 4. The third-order valence-electron chi connectivity index (χ3n) is 8.84. The zero-order valence-corrected chi connectivity index (χ0v) is 27.0. The molecule has 6 amide bonds. The lowest BCUT2D eigenvalue weighted by Gasteiger charge is -2.38. The summed E-state index contributed by atoms with van der Waals surface area (Å²) >= 11 is 0. The zero-order valence-electron chi connectivity index (χ0n) is 27.0. The van der Waals surface area contributed by atoms with Crippen LogP contribution in [-0.4, -0.2) is 89.0 Å². The Balaban J connectivity index is 1.76. The number of likely N-dealkylation sites (tertiary alicyclic amines) is 2. The fraction of sp³-hybridized carbons (Fsp3) is 0.806. The van der Waals surface area contributed by atoms with Gasteiger partial charge in [0, 0.05) is 19.6 Å². The second-order valence-electron chi connectivity index (χ2n) is 14.8. The number of ketones is 1. The first-order chi connectivity index (χ1) is 19.9. The van der Waals surface area contributed by atoms with E-state index in [1.54, 1.807) is 4.90 Å². The molecule has 1 aliphatic carbocycles. The molecule has 0 aromatic carbocycles. The number of carbonyl (C=O) groups excluding carboxylic acids is 6. The van der Waals surface area contributed by atoms with Crippen LogP contribution in [0.2, 0.25) is 0 Å². The van der Waals surface area contributed by atoms with Gasteiger partial charge in [0.1, 0.15) is 18.1 Å². The quantitative estimate of drug-likeness (QED) is 0.277. The molecule has 12 heteroatoms. The van der Waals surface area contributed by atoms with E-state index in [0.29, 0.717) is 32.5 Å². The maximum atomic E-state index is 14.1.